The van der Waals surface area contributed by atoms with Crippen molar-refractivity contribution in [3.8, 4) is 0 Å². The summed E-state index contributed by atoms with van der Waals surface area (Å²) >= 11 is 4.89. The molecule has 108 valence electrons. The number of hydrogen-bond acceptors (Lipinski definition) is 4. The van der Waals surface area contributed by atoms with Crippen molar-refractivity contribution in [2.75, 3.05) is 0 Å². The van der Waals surface area contributed by atoms with Gasteiger partial charge in [-0.2, -0.15) is 13.2 Å². The van der Waals surface area contributed by atoms with Crippen LogP contribution in [-0.2, 0) is 12.6 Å². The van der Waals surface area contributed by atoms with E-state index in [4.69, 9.17) is 5.84 Å². The number of nitrogens with zero attached hydrogens (tertiary/aromatic N) is 1. The average Bonchev–Trinajstić information content (AvgIpc) is 2.81. The van der Waals surface area contributed by atoms with E-state index in [2.05, 4.69) is 26.3 Å². The second-order valence-electron chi connectivity index (χ2n) is 4.12. The van der Waals surface area contributed by atoms with Gasteiger partial charge in [0.25, 0.3) is 0 Å². The number of thiophene rings is 1. The molecular formula is C12H11BrF3N3S. The molecule has 0 saturated carbocycles. The maximum absolute atomic E-state index is 12.5. The van der Waals surface area contributed by atoms with Crippen molar-refractivity contribution >= 4 is 27.3 Å². The smallest absolute Gasteiger partial charge is 0.271 e. The molecule has 1 unspecified atom stereocenters. The van der Waals surface area contributed by atoms with Crippen LogP contribution in [0.15, 0.2) is 34.2 Å². The number of rotatable bonds is 4. The summed E-state index contributed by atoms with van der Waals surface area (Å²) in [6.07, 6.45) is -3.00. The van der Waals surface area contributed by atoms with Gasteiger partial charge in [0.2, 0.25) is 0 Å². The van der Waals surface area contributed by atoms with E-state index in [1.807, 2.05) is 11.4 Å². The lowest BCUT2D eigenvalue weighted by atomic mass is 10.1. The molecule has 0 amide bonds. The molecule has 0 spiro atoms. The SMILES string of the molecule is NNC(Cc1cc(Br)cs1)c1ccc(C(F)(F)F)cn1. The molecule has 0 aliphatic rings. The van der Waals surface area contributed by atoms with Gasteiger partial charge >= 0.3 is 6.18 Å². The van der Waals surface area contributed by atoms with Crippen molar-refractivity contribution in [3.05, 3.63) is 50.4 Å². The average molecular weight is 366 g/mol. The Bertz CT molecular complexity index is 568. The van der Waals surface area contributed by atoms with E-state index in [0.29, 0.717) is 12.1 Å². The zero-order valence-electron chi connectivity index (χ0n) is 10.1. The lowest BCUT2D eigenvalue weighted by Crippen LogP contribution is -2.30. The quantitative estimate of drug-likeness (QED) is 0.641. The summed E-state index contributed by atoms with van der Waals surface area (Å²) in [6.45, 7) is 0. The molecule has 2 heterocycles. The zero-order valence-corrected chi connectivity index (χ0v) is 12.5. The summed E-state index contributed by atoms with van der Waals surface area (Å²) in [5.74, 6) is 5.46. The monoisotopic (exact) mass is 365 g/mol. The highest BCUT2D eigenvalue weighted by atomic mass is 79.9. The first-order chi connectivity index (χ1) is 9.40. The standard InChI is InChI=1S/C12H11BrF3N3S/c13-8-3-9(20-6-8)4-11(19-17)10-2-1-7(5-18-10)12(14,15)16/h1-3,5-6,11,19H,4,17H2. The lowest BCUT2D eigenvalue weighted by molar-refractivity contribution is -0.137. The third kappa shape index (κ3) is 3.78. The van der Waals surface area contributed by atoms with Gasteiger partial charge in [0.1, 0.15) is 0 Å². The highest BCUT2D eigenvalue weighted by molar-refractivity contribution is 9.10. The van der Waals surface area contributed by atoms with Crippen molar-refractivity contribution in [1.29, 1.82) is 0 Å². The van der Waals surface area contributed by atoms with Crippen molar-refractivity contribution < 1.29 is 13.2 Å². The number of hydrazine groups is 1. The maximum atomic E-state index is 12.5. The molecule has 0 saturated heterocycles. The van der Waals surface area contributed by atoms with Crippen LogP contribution in [0.25, 0.3) is 0 Å². The predicted molar refractivity (Wildman–Crippen MR) is 75.0 cm³/mol. The summed E-state index contributed by atoms with van der Waals surface area (Å²) in [7, 11) is 0. The summed E-state index contributed by atoms with van der Waals surface area (Å²) in [5.41, 5.74) is 2.29. The fourth-order valence-corrected chi connectivity index (χ4v) is 3.19. The second-order valence-corrected chi connectivity index (χ2v) is 6.04. The number of nitrogens with one attached hydrogen (secondary N) is 1. The van der Waals surface area contributed by atoms with E-state index in [1.165, 1.54) is 6.07 Å². The van der Waals surface area contributed by atoms with Crippen LogP contribution in [0.3, 0.4) is 0 Å². The predicted octanol–water partition coefficient (Wildman–Crippen LogP) is 3.67. The molecule has 20 heavy (non-hydrogen) atoms. The molecule has 0 aliphatic carbocycles. The molecule has 0 aliphatic heterocycles. The first-order valence-corrected chi connectivity index (χ1v) is 7.29. The fourth-order valence-electron chi connectivity index (χ4n) is 1.69. The Balaban J connectivity index is 2.15. The van der Waals surface area contributed by atoms with Crippen LogP contribution >= 0.6 is 27.3 Å². The van der Waals surface area contributed by atoms with Crippen molar-refractivity contribution in [2.45, 2.75) is 18.6 Å². The summed E-state index contributed by atoms with van der Waals surface area (Å²) in [4.78, 5) is 4.91. The molecular weight excluding hydrogens is 355 g/mol. The third-order valence-corrected chi connectivity index (χ3v) is 4.42. The van der Waals surface area contributed by atoms with E-state index >= 15 is 0 Å². The van der Waals surface area contributed by atoms with Crippen molar-refractivity contribution in [3.63, 3.8) is 0 Å². The molecule has 0 bridgehead atoms. The van der Waals surface area contributed by atoms with Gasteiger partial charge in [0.05, 0.1) is 17.3 Å². The molecule has 2 aromatic heterocycles. The molecule has 0 aromatic carbocycles. The number of halogens is 4. The Morgan fingerprint density at radius 2 is 2.15 bits per heavy atom. The van der Waals surface area contributed by atoms with Crippen LogP contribution in [0.1, 0.15) is 22.2 Å². The van der Waals surface area contributed by atoms with Crippen LogP contribution in [0.2, 0.25) is 0 Å². The highest BCUT2D eigenvalue weighted by Crippen LogP contribution is 2.30. The van der Waals surface area contributed by atoms with E-state index in [1.54, 1.807) is 11.3 Å². The van der Waals surface area contributed by atoms with E-state index < -0.39 is 11.7 Å². The molecule has 2 rings (SSSR count). The number of pyridine rings is 1. The summed E-state index contributed by atoms with van der Waals surface area (Å²) < 4.78 is 38.4. The Morgan fingerprint density at radius 1 is 1.40 bits per heavy atom. The van der Waals surface area contributed by atoms with Crippen LogP contribution in [0.4, 0.5) is 13.2 Å². The van der Waals surface area contributed by atoms with Crippen molar-refractivity contribution in [1.82, 2.24) is 10.4 Å². The topological polar surface area (TPSA) is 50.9 Å². The maximum Gasteiger partial charge on any atom is 0.417 e. The van der Waals surface area contributed by atoms with Gasteiger partial charge in [-0.05, 0) is 34.1 Å². The minimum absolute atomic E-state index is 0.331. The van der Waals surface area contributed by atoms with Crippen LogP contribution < -0.4 is 11.3 Å². The summed E-state index contributed by atoms with van der Waals surface area (Å²) in [5, 5.41) is 1.93. The Hall–Kier alpha value is -0.960. The molecule has 1 atom stereocenters. The van der Waals surface area contributed by atoms with Crippen LogP contribution in [0.5, 0.6) is 0 Å². The van der Waals surface area contributed by atoms with Gasteiger partial charge in [0, 0.05) is 27.3 Å². The molecule has 0 fully saturated rings. The molecule has 3 nitrogen and oxygen atoms in total. The number of nitrogens with two attached hydrogens (primary N) is 1. The minimum Gasteiger partial charge on any atom is -0.271 e. The van der Waals surface area contributed by atoms with Gasteiger partial charge in [-0.25, -0.2) is 0 Å². The zero-order chi connectivity index (χ0) is 14.8. The fraction of sp³-hybridized carbons (Fsp3) is 0.250. The van der Waals surface area contributed by atoms with Gasteiger partial charge < -0.3 is 0 Å². The van der Waals surface area contributed by atoms with Gasteiger partial charge in [-0.15, -0.1) is 11.3 Å². The van der Waals surface area contributed by atoms with E-state index in [0.717, 1.165) is 21.6 Å². The van der Waals surface area contributed by atoms with Crippen molar-refractivity contribution in [2.24, 2.45) is 5.84 Å². The normalized spacial score (nSPS) is 13.4. The number of aromatic nitrogens is 1. The third-order valence-electron chi connectivity index (χ3n) is 2.70. The van der Waals surface area contributed by atoms with Crippen LogP contribution in [-0.4, -0.2) is 4.98 Å². The molecule has 3 N–H and O–H groups in total. The minimum atomic E-state index is -4.38. The summed E-state index contributed by atoms with van der Waals surface area (Å²) in [6, 6.07) is 3.97. The largest absolute Gasteiger partial charge is 0.417 e. The molecule has 2 aromatic rings. The Morgan fingerprint density at radius 3 is 2.60 bits per heavy atom. The van der Waals surface area contributed by atoms with Crippen LogP contribution in [0, 0.1) is 0 Å². The van der Waals surface area contributed by atoms with Gasteiger partial charge in [-0.1, -0.05) is 0 Å². The second kappa shape index (κ2) is 6.21. The number of alkyl halides is 3. The molecule has 0 radical (unpaired) electrons. The first kappa shape index (κ1) is 15.4. The van der Waals surface area contributed by atoms with Gasteiger partial charge in [0.15, 0.2) is 0 Å². The van der Waals surface area contributed by atoms with E-state index in [-0.39, 0.29) is 6.04 Å². The first-order valence-electron chi connectivity index (χ1n) is 5.62. The lowest BCUT2D eigenvalue weighted by Gasteiger charge is -2.15. The highest BCUT2D eigenvalue weighted by Gasteiger charge is 2.31. The molecule has 8 heteroatoms. The van der Waals surface area contributed by atoms with E-state index in [9.17, 15) is 13.2 Å². The Labute approximate surface area is 126 Å². The number of hydrogen-bond donors (Lipinski definition) is 2. The Kier molecular flexibility index (Phi) is 4.79. The van der Waals surface area contributed by atoms with Gasteiger partial charge in [-0.3, -0.25) is 16.3 Å².